The summed E-state index contributed by atoms with van der Waals surface area (Å²) in [4.78, 5) is 32.7. The van der Waals surface area contributed by atoms with Gasteiger partial charge in [-0.3, -0.25) is 9.78 Å². The van der Waals surface area contributed by atoms with Crippen molar-refractivity contribution in [2.45, 2.75) is 6.42 Å². The van der Waals surface area contributed by atoms with Gasteiger partial charge in [0.1, 0.15) is 11.0 Å². The van der Waals surface area contributed by atoms with E-state index in [4.69, 9.17) is 11.6 Å². The first-order chi connectivity index (χ1) is 11.7. The van der Waals surface area contributed by atoms with Crippen LogP contribution in [0.3, 0.4) is 0 Å². The van der Waals surface area contributed by atoms with Crippen LogP contribution >= 0.6 is 11.6 Å². The minimum Gasteiger partial charge on any atom is -0.368 e. The largest absolute Gasteiger partial charge is 0.368 e. The summed E-state index contributed by atoms with van der Waals surface area (Å²) in [6, 6.07) is 1.79. The molecule has 0 aromatic carbocycles. The van der Waals surface area contributed by atoms with Gasteiger partial charge >= 0.3 is 0 Å². The molecule has 9 heteroatoms. The molecule has 2 aromatic heterocycles. The number of carbonyl (C=O) groups is 1. The van der Waals surface area contributed by atoms with Crippen LogP contribution in [0, 0.1) is 0 Å². The molecule has 126 valence electrons. The van der Waals surface area contributed by atoms with Crippen molar-refractivity contribution >= 4 is 29.3 Å². The molecular weight excluding hydrogens is 330 g/mol. The number of hydrogen-bond donors (Lipinski definition) is 1. The molecule has 1 aliphatic heterocycles. The van der Waals surface area contributed by atoms with Crippen LogP contribution in [0.4, 0.5) is 11.8 Å². The van der Waals surface area contributed by atoms with Gasteiger partial charge in [0.25, 0.3) is 0 Å². The van der Waals surface area contributed by atoms with Crippen molar-refractivity contribution in [1.29, 1.82) is 0 Å². The molecule has 24 heavy (non-hydrogen) atoms. The molecule has 0 saturated carbocycles. The third-order valence-corrected chi connectivity index (χ3v) is 3.90. The molecule has 1 aliphatic rings. The second kappa shape index (κ2) is 7.87. The van der Waals surface area contributed by atoms with E-state index in [0.717, 1.165) is 13.1 Å². The minimum atomic E-state index is 0.117. The summed E-state index contributed by atoms with van der Waals surface area (Å²) in [6.45, 7) is 3.32. The number of carbonyl (C=O) groups excluding carboxylic acids is 1. The Labute approximate surface area is 144 Å². The van der Waals surface area contributed by atoms with Crippen molar-refractivity contribution < 1.29 is 4.79 Å². The van der Waals surface area contributed by atoms with E-state index in [1.807, 2.05) is 4.90 Å². The Kier molecular flexibility index (Phi) is 5.37. The summed E-state index contributed by atoms with van der Waals surface area (Å²) in [5.74, 6) is 1.40. The Morgan fingerprint density at radius 3 is 2.62 bits per heavy atom. The summed E-state index contributed by atoms with van der Waals surface area (Å²) >= 11 is 5.77. The van der Waals surface area contributed by atoms with Crippen LogP contribution < -0.4 is 10.2 Å². The van der Waals surface area contributed by atoms with Crippen LogP contribution in [0.15, 0.2) is 30.9 Å². The standard InChI is InChI=1S/C15H18ClN7O/c16-12-10-17-11-13(21-12)18-5-2-14(24)22-6-8-23(9-7-22)15-19-3-1-4-20-15/h1,3-4,10-11H,2,5-9H2,(H,18,21). The van der Waals surface area contributed by atoms with E-state index in [1.165, 1.54) is 6.20 Å². The van der Waals surface area contributed by atoms with E-state index in [0.29, 0.717) is 43.0 Å². The number of aromatic nitrogens is 4. The Hall–Kier alpha value is -2.48. The van der Waals surface area contributed by atoms with Crippen molar-refractivity contribution in [1.82, 2.24) is 24.8 Å². The third kappa shape index (κ3) is 4.29. The molecule has 0 radical (unpaired) electrons. The van der Waals surface area contributed by atoms with Gasteiger partial charge in [0.05, 0.1) is 12.4 Å². The van der Waals surface area contributed by atoms with E-state index < -0.39 is 0 Å². The zero-order valence-electron chi connectivity index (χ0n) is 13.1. The summed E-state index contributed by atoms with van der Waals surface area (Å²) in [5.41, 5.74) is 0. The van der Waals surface area contributed by atoms with E-state index in [2.05, 4.69) is 30.2 Å². The fourth-order valence-corrected chi connectivity index (χ4v) is 2.64. The topological polar surface area (TPSA) is 87.1 Å². The highest BCUT2D eigenvalue weighted by atomic mass is 35.5. The first-order valence-electron chi connectivity index (χ1n) is 7.73. The lowest BCUT2D eigenvalue weighted by Gasteiger charge is -2.34. The Morgan fingerprint density at radius 1 is 1.17 bits per heavy atom. The van der Waals surface area contributed by atoms with Crippen molar-refractivity contribution in [3.05, 3.63) is 36.0 Å². The number of nitrogens with zero attached hydrogens (tertiary/aromatic N) is 6. The molecule has 1 N–H and O–H groups in total. The predicted molar refractivity (Wildman–Crippen MR) is 91.0 cm³/mol. The van der Waals surface area contributed by atoms with Crippen LogP contribution in [0.25, 0.3) is 0 Å². The van der Waals surface area contributed by atoms with Gasteiger partial charge in [-0.25, -0.2) is 15.0 Å². The van der Waals surface area contributed by atoms with Gasteiger partial charge in [0, 0.05) is 51.5 Å². The van der Waals surface area contributed by atoms with Crippen LogP contribution in [0.1, 0.15) is 6.42 Å². The quantitative estimate of drug-likeness (QED) is 0.865. The monoisotopic (exact) mass is 347 g/mol. The Bertz CT molecular complexity index is 677. The first kappa shape index (κ1) is 16.4. The molecule has 2 aromatic rings. The number of anilines is 2. The van der Waals surface area contributed by atoms with Gasteiger partial charge in [-0.2, -0.15) is 0 Å². The second-order valence-corrected chi connectivity index (χ2v) is 5.71. The van der Waals surface area contributed by atoms with Crippen LogP contribution in [-0.2, 0) is 4.79 Å². The maximum absolute atomic E-state index is 12.3. The maximum Gasteiger partial charge on any atom is 0.225 e. The molecule has 0 unspecified atom stereocenters. The molecule has 0 atom stereocenters. The van der Waals surface area contributed by atoms with E-state index in [-0.39, 0.29) is 5.91 Å². The van der Waals surface area contributed by atoms with Gasteiger partial charge in [-0.1, -0.05) is 11.6 Å². The fraction of sp³-hybridized carbons (Fsp3) is 0.400. The smallest absolute Gasteiger partial charge is 0.225 e. The van der Waals surface area contributed by atoms with Gasteiger partial charge in [-0.15, -0.1) is 0 Å². The van der Waals surface area contributed by atoms with Crippen LogP contribution in [0.2, 0.25) is 5.15 Å². The number of nitrogens with one attached hydrogen (secondary N) is 1. The van der Waals surface area contributed by atoms with E-state index in [1.54, 1.807) is 24.7 Å². The minimum absolute atomic E-state index is 0.117. The normalized spacial score (nSPS) is 14.5. The molecular formula is C15H18ClN7O. The van der Waals surface area contributed by atoms with Crippen molar-refractivity contribution in [2.24, 2.45) is 0 Å². The number of piperazine rings is 1. The van der Waals surface area contributed by atoms with Crippen molar-refractivity contribution in [2.75, 3.05) is 42.9 Å². The molecule has 1 fully saturated rings. The Morgan fingerprint density at radius 2 is 1.92 bits per heavy atom. The number of amides is 1. The summed E-state index contributed by atoms with van der Waals surface area (Å²) in [7, 11) is 0. The molecule has 1 saturated heterocycles. The summed E-state index contributed by atoms with van der Waals surface area (Å²) in [6.07, 6.45) is 6.90. The molecule has 8 nitrogen and oxygen atoms in total. The van der Waals surface area contributed by atoms with Gasteiger partial charge in [0.15, 0.2) is 0 Å². The molecule has 0 bridgehead atoms. The molecule has 0 spiro atoms. The Balaban J connectivity index is 1.42. The SMILES string of the molecule is O=C(CCNc1cncc(Cl)n1)N1CCN(c2ncccn2)CC1. The molecule has 0 aliphatic carbocycles. The van der Waals surface area contributed by atoms with Crippen molar-refractivity contribution in [3.8, 4) is 0 Å². The van der Waals surface area contributed by atoms with E-state index >= 15 is 0 Å². The van der Waals surface area contributed by atoms with Gasteiger partial charge < -0.3 is 15.1 Å². The molecule has 3 rings (SSSR count). The van der Waals surface area contributed by atoms with Crippen molar-refractivity contribution in [3.63, 3.8) is 0 Å². The van der Waals surface area contributed by atoms with E-state index in [9.17, 15) is 4.79 Å². The zero-order chi connectivity index (χ0) is 16.8. The number of hydrogen-bond acceptors (Lipinski definition) is 7. The van der Waals surface area contributed by atoms with Gasteiger partial charge in [-0.05, 0) is 6.07 Å². The second-order valence-electron chi connectivity index (χ2n) is 5.32. The number of halogens is 1. The summed E-state index contributed by atoms with van der Waals surface area (Å²) in [5, 5.41) is 3.38. The maximum atomic E-state index is 12.3. The molecule has 1 amide bonds. The lowest BCUT2D eigenvalue weighted by Crippen LogP contribution is -2.49. The third-order valence-electron chi connectivity index (χ3n) is 3.72. The number of rotatable bonds is 5. The average molecular weight is 348 g/mol. The molecule has 3 heterocycles. The zero-order valence-corrected chi connectivity index (χ0v) is 13.9. The summed E-state index contributed by atoms with van der Waals surface area (Å²) < 4.78 is 0. The lowest BCUT2D eigenvalue weighted by molar-refractivity contribution is -0.131. The van der Waals surface area contributed by atoms with Crippen LogP contribution in [-0.4, -0.2) is 63.5 Å². The fourth-order valence-electron chi connectivity index (χ4n) is 2.49. The van der Waals surface area contributed by atoms with Crippen LogP contribution in [0.5, 0.6) is 0 Å². The highest BCUT2D eigenvalue weighted by Crippen LogP contribution is 2.11. The highest BCUT2D eigenvalue weighted by molar-refractivity contribution is 6.29. The first-order valence-corrected chi connectivity index (χ1v) is 8.11. The highest BCUT2D eigenvalue weighted by Gasteiger charge is 2.21. The average Bonchev–Trinajstić information content (AvgIpc) is 2.63. The predicted octanol–water partition coefficient (Wildman–Crippen LogP) is 1.07. The van der Waals surface area contributed by atoms with Gasteiger partial charge in [0.2, 0.25) is 11.9 Å². The lowest BCUT2D eigenvalue weighted by atomic mass is 10.3.